The summed E-state index contributed by atoms with van der Waals surface area (Å²) in [6, 6.07) is 11.4. The van der Waals surface area contributed by atoms with Crippen molar-refractivity contribution in [3.63, 3.8) is 0 Å². The van der Waals surface area contributed by atoms with Crippen LogP contribution in [-0.4, -0.2) is 36.9 Å². The van der Waals surface area contributed by atoms with E-state index in [1.165, 1.54) is 6.07 Å². The van der Waals surface area contributed by atoms with E-state index in [2.05, 4.69) is 31.0 Å². The fourth-order valence-electron chi connectivity index (χ4n) is 4.26. The van der Waals surface area contributed by atoms with Gasteiger partial charge in [0.2, 0.25) is 0 Å². The Bertz CT molecular complexity index is 1470. The van der Waals surface area contributed by atoms with Crippen LogP contribution in [0, 0.1) is 5.82 Å². The fraction of sp³-hybridized carbons (Fsp3) is 0.136. The summed E-state index contributed by atoms with van der Waals surface area (Å²) in [6.45, 7) is 0.462. The highest BCUT2D eigenvalue weighted by Gasteiger charge is 2.37. The Morgan fingerprint density at radius 2 is 2.13 bits per heavy atom. The summed E-state index contributed by atoms with van der Waals surface area (Å²) in [5.41, 5.74) is 3.26. The summed E-state index contributed by atoms with van der Waals surface area (Å²) in [5, 5.41) is 4.72. The number of amides is 1. The molecule has 0 aliphatic carbocycles. The number of H-pyrrole nitrogens is 1. The number of hydrogen-bond acceptors (Lipinski definition) is 4. The van der Waals surface area contributed by atoms with Crippen molar-refractivity contribution in [2.75, 3.05) is 6.54 Å². The maximum atomic E-state index is 14.3. The summed E-state index contributed by atoms with van der Waals surface area (Å²) < 4.78 is 22.7. The Morgan fingerprint density at radius 3 is 3.00 bits per heavy atom. The Labute approximate surface area is 183 Å². The molecule has 0 radical (unpaired) electrons. The van der Waals surface area contributed by atoms with Crippen LogP contribution < -0.4 is 0 Å². The molecule has 9 heteroatoms. The molecule has 1 aliphatic rings. The number of benzene rings is 1. The van der Waals surface area contributed by atoms with Gasteiger partial charge in [-0.05, 0) is 46.3 Å². The molecule has 1 aliphatic heterocycles. The standard InChI is InChI=1S/C22H15BrFN5O2/c23-19-6-2-4-16-13(10-27-29(16)19)22(30)28-8-7-15-20(26-11-25-15)21(28)18-9-12-14(24)3-1-5-17(12)31-18/h1-6,9-11,21H,7-8H2,(H,25,26)/t21-/m1/s1. The maximum Gasteiger partial charge on any atom is 0.258 e. The first-order valence-electron chi connectivity index (χ1n) is 9.75. The normalized spacial score (nSPS) is 16.2. The lowest BCUT2D eigenvalue weighted by Crippen LogP contribution is -2.40. The third kappa shape index (κ3) is 2.73. The second kappa shape index (κ2) is 6.78. The van der Waals surface area contributed by atoms with Gasteiger partial charge in [0, 0.05) is 18.7 Å². The topological polar surface area (TPSA) is 79.4 Å². The molecule has 0 saturated carbocycles. The van der Waals surface area contributed by atoms with Gasteiger partial charge in [0.1, 0.15) is 27.8 Å². The molecule has 1 aromatic carbocycles. The zero-order chi connectivity index (χ0) is 21.1. The summed E-state index contributed by atoms with van der Waals surface area (Å²) in [5.74, 6) is -0.0808. The van der Waals surface area contributed by atoms with Gasteiger partial charge in [0.05, 0.1) is 34.7 Å². The molecule has 0 unspecified atom stereocenters. The van der Waals surface area contributed by atoms with Crippen LogP contribution in [0.15, 0.2) is 64.0 Å². The van der Waals surface area contributed by atoms with Crippen LogP contribution in [0.2, 0.25) is 0 Å². The molecule has 1 N–H and O–H groups in total. The lowest BCUT2D eigenvalue weighted by Gasteiger charge is -2.33. The molecule has 31 heavy (non-hydrogen) atoms. The van der Waals surface area contributed by atoms with Crippen LogP contribution in [0.5, 0.6) is 0 Å². The number of carbonyl (C=O) groups excluding carboxylic acids is 1. The first-order chi connectivity index (χ1) is 15.1. The maximum absolute atomic E-state index is 14.3. The van der Waals surface area contributed by atoms with E-state index in [1.54, 1.807) is 40.1 Å². The fourth-order valence-corrected chi connectivity index (χ4v) is 4.70. The molecular formula is C22H15BrFN5O2. The van der Waals surface area contributed by atoms with Crippen molar-refractivity contribution in [2.24, 2.45) is 0 Å². The molecule has 7 nitrogen and oxygen atoms in total. The molecule has 0 bridgehead atoms. The highest BCUT2D eigenvalue weighted by Crippen LogP contribution is 2.38. The van der Waals surface area contributed by atoms with Crippen molar-refractivity contribution in [3.05, 3.63) is 88.1 Å². The van der Waals surface area contributed by atoms with E-state index in [9.17, 15) is 9.18 Å². The number of halogens is 2. The number of aromatic nitrogens is 4. The molecule has 0 spiro atoms. The number of aromatic amines is 1. The molecular weight excluding hydrogens is 465 g/mol. The zero-order valence-electron chi connectivity index (χ0n) is 16.0. The van der Waals surface area contributed by atoms with Gasteiger partial charge in [-0.25, -0.2) is 13.9 Å². The number of nitrogens with zero attached hydrogens (tertiary/aromatic N) is 4. The Balaban J connectivity index is 1.50. The first-order valence-corrected chi connectivity index (χ1v) is 10.5. The number of imidazole rings is 1. The Kier molecular flexibility index (Phi) is 4.01. The number of fused-ring (bicyclic) bond motifs is 3. The second-order valence-corrected chi connectivity index (χ2v) is 8.23. The van der Waals surface area contributed by atoms with Crippen LogP contribution in [0.1, 0.15) is 33.5 Å². The van der Waals surface area contributed by atoms with Crippen molar-refractivity contribution in [1.82, 2.24) is 24.5 Å². The van der Waals surface area contributed by atoms with Gasteiger partial charge in [-0.2, -0.15) is 5.10 Å². The van der Waals surface area contributed by atoms with Crippen LogP contribution in [-0.2, 0) is 6.42 Å². The van der Waals surface area contributed by atoms with Crippen molar-refractivity contribution in [3.8, 4) is 0 Å². The van der Waals surface area contributed by atoms with E-state index in [-0.39, 0.29) is 11.7 Å². The lowest BCUT2D eigenvalue weighted by molar-refractivity contribution is 0.0675. The van der Waals surface area contributed by atoms with Gasteiger partial charge in [-0.15, -0.1) is 0 Å². The predicted octanol–water partition coefficient (Wildman–Crippen LogP) is 4.49. The van der Waals surface area contributed by atoms with Crippen LogP contribution in [0.4, 0.5) is 4.39 Å². The highest BCUT2D eigenvalue weighted by atomic mass is 79.9. The molecule has 154 valence electrons. The molecule has 0 saturated heterocycles. The van der Waals surface area contributed by atoms with Gasteiger partial charge in [0.15, 0.2) is 0 Å². The van der Waals surface area contributed by atoms with E-state index < -0.39 is 6.04 Å². The van der Waals surface area contributed by atoms with Crippen molar-refractivity contribution in [1.29, 1.82) is 0 Å². The third-order valence-electron chi connectivity index (χ3n) is 5.71. The van der Waals surface area contributed by atoms with Crippen LogP contribution in [0.25, 0.3) is 16.5 Å². The predicted molar refractivity (Wildman–Crippen MR) is 114 cm³/mol. The smallest absolute Gasteiger partial charge is 0.258 e. The second-order valence-electron chi connectivity index (χ2n) is 7.42. The molecule has 1 amide bonds. The quantitative estimate of drug-likeness (QED) is 0.378. The highest BCUT2D eigenvalue weighted by molar-refractivity contribution is 9.10. The van der Waals surface area contributed by atoms with Gasteiger partial charge in [0.25, 0.3) is 5.91 Å². The van der Waals surface area contributed by atoms with Crippen LogP contribution >= 0.6 is 15.9 Å². The summed E-state index contributed by atoms with van der Waals surface area (Å²) in [7, 11) is 0. The third-order valence-corrected chi connectivity index (χ3v) is 6.31. The van der Waals surface area contributed by atoms with E-state index in [4.69, 9.17) is 4.42 Å². The number of nitrogens with one attached hydrogen (secondary N) is 1. The minimum atomic E-state index is -0.573. The minimum absolute atomic E-state index is 0.187. The SMILES string of the molecule is O=C(c1cnn2c(Br)cccc12)N1CCc2[nH]cnc2[C@H]1c1cc2c(F)cccc2o1. The molecule has 6 rings (SSSR count). The zero-order valence-corrected chi connectivity index (χ0v) is 17.6. The monoisotopic (exact) mass is 479 g/mol. The average molecular weight is 480 g/mol. The lowest BCUT2D eigenvalue weighted by atomic mass is 9.99. The molecule has 5 heterocycles. The number of hydrogen-bond donors (Lipinski definition) is 1. The Hall–Kier alpha value is -3.46. The largest absolute Gasteiger partial charge is 0.458 e. The van der Waals surface area contributed by atoms with E-state index in [0.29, 0.717) is 46.5 Å². The van der Waals surface area contributed by atoms with Crippen molar-refractivity contribution < 1.29 is 13.6 Å². The molecule has 4 aromatic heterocycles. The van der Waals surface area contributed by atoms with E-state index in [1.807, 2.05) is 18.2 Å². The van der Waals surface area contributed by atoms with Gasteiger partial charge in [-0.3, -0.25) is 4.79 Å². The van der Waals surface area contributed by atoms with Gasteiger partial charge < -0.3 is 14.3 Å². The summed E-state index contributed by atoms with van der Waals surface area (Å²) in [6.07, 6.45) is 3.81. The van der Waals surface area contributed by atoms with Gasteiger partial charge >= 0.3 is 0 Å². The minimum Gasteiger partial charge on any atom is -0.458 e. The summed E-state index contributed by atoms with van der Waals surface area (Å²) in [4.78, 5) is 23.0. The average Bonchev–Trinajstić information content (AvgIpc) is 3.50. The van der Waals surface area contributed by atoms with E-state index >= 15 is 0 Å². The van der Waals surface area contributed by atoms with Crippen molar-refractivity contribution >= 4 is 38.3 Å². The van der Waals surface area contributed by atoms with Gasteiger partial charge in [-0.1, -0.05) is 12.1 Å². The molecule has 5 aromatic rings. The number of carbonyl (C=O) groups is 1. The molecule has 0 fully saturated rings. The molecule has 1 atom stereocenters. The number of rotatable bonds is 2. The van der Waals surface area contributed by atoms with Crippen LogP contribution in [0.3, 0.4) is 0 Å². The number of furan rings is 1. The van der Waals surface area contributed by atoms with E-state index in [0.717, 1.165) is 10.3 Å². The number of pyridine rings is 1. The van der Waals surface area contributed by atoms with Crippen molar-refractivity contribution in [2.45, 2.75) is 12.5 Å². The first kappa shape index (κ1) is 18.3. The summed E-state index contributed by atoms with van der Waals surface area (Å²) >= 11 is 3.46. The Morgan fingerprint density at radius 1 is 1.26 bits per heavy atom.